The van der Waals surface area contributed by atoms with Crippen molar-refractivity contribution in [2.75, 3.05) is 19.8 Å². The number of unbranched alkanes of at least 4 members (excludes halogenated alkanes) is 18. The maximum atomic E-state index is 13.2. The molecular weight excluding hydrogens is 967 g/mol. The zero-order valence-corrected chi connectivity index (χ0v) is 46.7. The fraction of sp³-hybridized carbons (Fsp3) is 0.726. The number of hydrogen-bond donors (Lipinski definition) is 9. The van der Waals surface area contributed by atoms with Crippen molar-refractivity contribution in [3.63, 3.8) is 0 Å². The molecule has 2 saturated heterocycles. The van der Waals surface area contributed by atoms with Gasteiger partial charge in [-0.15, -0.1) is 0 Å². The Morgan fingerprint density at radius 3 is 1.39 bits per heavy atom. The SMILES string of the molecule is CC/C=C\C/C=C\C/C=C\C/C=C\C/C=C\C/C=C\C/C=C\CCCCCCCCCCCC(=O)NC(COC1OC(CO)C(OC2OC(CO)C(O)C(O)C2O)C(O)C1O)C(O)/C=C/CCCCCCCCCCC. The zero-order chi connectivity index (χ0) is 55.3. The molecule has 0 saturated carbocycles. The van der Waals surface area contributed by atoms with Crippen LogP contribution < -0.4 is 5.32 Å². The molecule has 0 spiro atoms. The number of rotatable bonds is 45. The molecular formula is C62H105NO13. The Kier molecular flexibility index (Phi) is 42.5. The van der Waals surface area contributed by atoms with Gasteiger partial charge in [-0.3, -0.25) is 4.79 Å². The minimum Gasteiger partial charge on any atom is -0.394 e. The highest BCUT2D eigenvalue weighted by atomic mass is 16.7. The van der Waals surface area contributed by atoms with Crippen LogP contribution in [-0.2, 0) is 23.7 Å². The number of carbonyl (C=O) groups is 1. The van der Waals surface area contributed by atoms with E-state index in [-0.39, 0.29) is 18.9 Å². The lowest BCUT2D eigenvalue weighted by Crippen LogP contribution is -2.65. The molecule has 2 fully saturated rings. The van der Waals surface area contributed by atoms with Crippen molar-refractivity contribution in [2.24, 2.45) is 0 Å². The van der Waals surface area contributed by atoms with Gasteiger partial charge < -0.3 is 65.1 Å². The van der Waals surface area contributed by atoms with Crippen LogP contribution in [0.3, 0.4) is 0 Å². The Hall–Kier alpha value is -3.09. The lowest BCUT2D eigenvalue weighted by molar-refractivity contribution is -0.359. The minimum absolute atomic E-state index is 0.252. The molecule has 0 aromatic rings. The normalized spacial score (nSPS) is 25.6. The maximum absolute atomic E-state index is 13.2. The molecule has 14 nitrogen and oxygen atoms in total. The van der Waals surface area contributed by atoms with E-state index in [0.717, 1.165) is 89.9 Å². The molecule has 14 heteroatoms. The predicted molar refractivity (Wildman–Crippen MR) is 304 cm³/mol. The van der Waals surface area contributed by atoms with E-state index in [1.54, 1.807) is 6.08 Å². The molecule has 76 heavy (non-hydrogen) atoms. The molecule has 1 amide bonds. The number of carbonyl (C=O) groups excluding carboxylic acids is 1. The Labute approximate surface area is 458 Å². The summed E-state index contributed by atoms with van der Waals surface area (Å²) in [5.74, 6) is -0.252. The summed E-state index contributed by atoms with van der Waals surface area (Å²) in [5, 5.41) is 86.9. The molecule has 12 atom stereocenters. The standard InChI is InChI=1S/C62H105NO13/c1-3-5-7-9-11-13-15-16-17-18-19-20-21-22-23-24-25-26-27-28-29-30-31-32-33-34-36-38-40-42-44-46-54(67)63-50(51(66)45-43-41-39-37-35-14-12-10-8-6-4-2)49-73-61-59(72)57(70)60(53(48-65)75-61)76-62-58(71)56(69)55(68)52(47-64)74-62/h5,7,11,13,16-17,19-20,22-23,25-26,28-29,43,45,50-53,55-62,64-66,68-72H,3-4,6,8-10,12,14-15,18,21,24,27,30-42,44,46-49H2,1-2H3,(H,63,67)/b7-5-,13-11-,17-16-,20-19-,23-22-,26-25-,29-28-,45-43+. The summed E-state index contributed by atoms with van der Waals surface area (Å²) in [4.78, 5) is 13.2. The fourth-order valence-corrected chi connectivity index (χ4v) is 9.03. The van der Waals surface area contributed by atoms with Gasteiger partial charge in [0.15, 0.2) is 12.6 Å². The van der Waals surface area contributed by atoms with Crippen molar-refractivity contribution in [3.05, 3.63) is 97.2 Å². The number of allylic oxidation sites excluding steroid dienone is 15. The highest BCUT2D eigenvalue weighted by Crippen LogP contribution is 2.30. The van der Waals surface area contributed by atoms with Gasteiger partial charge in [0.2, 0.25) is 5.91 Å². The summed E-state index contributed by atoms with van der Waals surface area (Å²) in [6.07, 6.45) is 47.4. The second-order valence-electron chi connectivity index (χ2n) is 20.4. The highest BCUT2D eigenvalue weighted by molar-refractivity contribution is 5.76. The smallest absolute Gasteiger partial charge is 0.220 e. The van der Waals surface area contributed by atoms with Gasteiger partial charge in [-0.05, 0) is 77.0 Å². The molecule has 9 N–H and O–H groups in total. The monoisotopic (exact) mass is 1070 g/mol. The van der Waals surface area contributed by atoms with E-state index in [2.05, 4.69) is 104 Å². The van der Waals surface area contributed by atoms with Crippen LogP contribution in [0.5, 0.6) is 0 Å². The van der Waals surface area contributed by atoms with Crippen LogP contribution in [0.1, 0.15) is 194 Å². The van der Waals surface area contributed by atoms with E-state index in [1.165, 1.54) is 77.0 Å². The van der Waals surface area contributed by atoms with Crippen molar-refractivity contribution >= 4 is 5.91 Å². The topological polar surface area (TPSA) is 228 Å². The predicted octanol–water partition coefficient (Wildman–Crippen LogP) is 9.89. The minimum atomic E-state index is -1.79. The van der Waals surface area contributed by atoms with Gasteiger partial charge in [-0.2, -0.15) is 0 Å². The Morgan fingerprint density at radius 1 is 0.487 bits per heavy atom. The van der Waals surface area contributed by atoms with Crippen LogP contribution >= 0.6 is 0 Å². The first-order valence-electron chi connectivity index (χ1n) is 29.5. The van der Waals surface area contributed by atoms with E-state index in [0.29, 0.717) is 6.42 Å². The number of ether oxygens (including phenoxy) is 4. The molecule has 436 valence electrons. The molecule has 0 aromatic carbocycles. The average Bonchev–Trinajstić information content (AvgIpc) is 3.42. The number of hydrogen-bond acceptors (Lipinski definition) is 13. The molecule has 0 aromatic heterocycles. The van der Waals surface area contributed by atoms with Crippen LogP contribution in [0.25, 0.3) is 0 Å². The summed E-state index contributed by atoms with van der Waals surface area (Å²) in [6.45, 7) is 2.64. The van der Waals surface area contributed by atoms with E-state index < -0.39 is 86.8 Å². The third kappa shape index (κ3) is 32.1. The molecule has 2 aliphatic rings. The van der Waals surface area contributed by atoms with Crippen LogP contribution in [-0.4, -0.2) is 140 Å². The largest absolute Gasteiger partial charge is 0.394 e. The van der Waals surface area contributed by atoms with E-state index >= 15 is 0 Å². The summed E-state index contributed by atoms with van der Waals surface area (Å²) < 4.78 is 22.7. The van der Waals surface area contributed by atoms with Crippen LogP contribution in [0.15, 0.2) is 97.2 Å². The highest BCUT2D eigenvalue weighted by Gasteiger charge is 2.51. The van der Waals surface area contributed by atoms with Crippen molar-refractivity contribution in [3.8, 4) is 0 Å². The van der Waals surface area contributed by atoms with Crippen LogP contribution in [0.4, 0.5) is 0 Å². The summed E-state index contributed by atoms with van der Waals surface area (Å²) in [7, 11) is 0. The summed E-state index contributed by atoms with van der Waals surface area (Å²) in [6, 6.07) is -0.923. The molecule has 2 aliphatic heterocycles. The molecule has 2 heterocycles. The first-order chi connectivity index (χ1) is 37.1. The van der Waals surface area contributed by atoms with Gasteiger partial charge in [0, 0.05) is 6.42 Å². The lowest BCUT2D eigenvalue weighted by Gasteiger charge is -2.46. The second kappa shape index (κ2) is 46.8. The number of aliphatic hydroxyl groups is 8. The zero-order valence-electron chi connectivity index (χ0n) is 46.7. The summed E-state index contributed by atoms with van der Waals surface area (Å²) >= 11 is 0. The lowest BCUT2D eigenvalue weighted by atomic mass is 9.97. The van der Waals surface area contributed by atoms with Gasteiger partial charge in [-0.25, -0.2) is 0 Å². The molecule has 0 radical (unpaired) electrons. The van der Waals surface area contributed by atoms with Crippen molar-refractivity contribution < 1.29 is 64.6 Å². The quantitative estimate of drug-likeness (QED) is 0.0205. The van der Waals surface area contributed by atoms with Crippen molar-refractivity contribution in [1.82, 2.24) is 5.32 Å². The molecule has 0 aliphatic carbocycles. The van der Waals surface area contributed by atoms with E-state index in [1.807, 2.05) is 6.08 Å². The Bertz CT molecular complexity index is 1640. The van der Waals surface area contributed by atoms with Gasteiger partial charge >= 0.3 is 0 Å². The fourth-order valence-electron chi connectivity index (χ4n) is 9.03. The first kappa shape index (κ1) is 69.0. The third-order valence-corrected chi connectivity index (χ3v) is 13.8. The number of aliphatic hydroxyl groups excluding tert-OH is 8. The number of nitrogens with one attached hydrogen (secondary N) is 1. The van der Waals surface area contributed by atoms with E-state index in [4.69, 9.17) is 18.9 Å². The Morgan fingerprint density at radius 2 is 0.908 bits per heavy atom. The maximum Gasteiger partial charge on any atom is 0.220 e. The van der Waals surface area contributed by atoms with Crippen molar-refractivity contribution in [2.45, 2.75) is 267 Å². The first-order valence-corrected chi connectivity index (χ1v) is 29.5. The summed E-state index contributed by atoms with van der Waals surface area (Å²) in [5.41, 5.74) is 0. The van der Waals surface area contributed by atoms with Crippen LogP contribution in [0, 0.1) is 0 Å². The van der Waals surface area contributed by atoms with E-state index in [9.17, 15) is 45.6 Å². The molecule has 0 bridgehead atoms. The second-order valence-corrected chi connectivity index (χ2v) is 20.4. The van der Waals surface area contributed by atoms with Gasteiger partial charge in [0.25, 0.3) is 0 Å². The third-order valence-electron chi connectivity index (χ3n) is 13.8. The van der Waals surface area contributed by atoms with Gasteiger partial charge in [0.05, 0.1) is 32.0 Å². The Balaban J connectivity index is 1.69. The van der Waals surface area contributed by atoms with Gasteiger partial charge in [0.1, 0.15) is 48.8 Å². The number of amides is 1. The molecule has 12 unspecified atom stereocenters. The van der Waals surface area contributed by atoms with Crippen molar-refractivity contribution in [1.29, 1.82) is 0 Å². The molecule has 2 rings (SSSR count). The average molecular weight is 1070 g/mol. The van der Waals surface area contributed by atoms with Gasteiger partial charge in [-0.1, -0.05) is 207 Å². The van der Waals surface area contributed by atoms with Crippen LogP contribution in [0.2, 0.25) is 0 Å².